The lowest BCUT2D eigenvalue weighted by Crippen LogP contribution is -2.39. The first-order valence-electron chi connectivity index (χ1n) is 14.4. The number of para-hydroxylation sites is 1. The molecule has 1 atom stereocenters. The SMILES string of the molecule is CCC(=O)c1c(-c2ccc(F)cc2)oc2cc(N(C)S(C)(=O)=O)c([C@@H]3CCCN(C(=O)c4cc5cccc(F)c5[nH]4)C3)cc12. The van der Waals surface area contributed by atoms with Gasteiger partial charge in [-0.25, -0.2) is 17.2 Å². The van der Waals surface area contributed by atoms with Crippen LogP contribution in [0.2, 0.25) is 0 Å². The molecule has 3 aromatic carbocycles. The monoisotopic (exact) mass is 619 g/mol. The fraction of sp³-hybridized carbons (Fsp3) is 0.273. The number of nitrogens with zero attached hydrogens (tertiary/aromatic N) is 2. The summed E-state index contributed by atoms with van der Waals surface area (Å²) in [7, 11) is -2.25. The van der Waals surface area contributed by atoms with Gasteiger partial charge in [0, 0.05) is 54.9 Å². The van der Waals surface area contributed by atoms with Gasteiger partial charge in [-0.1, -0.05) is 19.1 Å². The summed E-state index contributed by atoms with van der Waals surface area (Å²) in [5.74, 6) is -1.33. The number of Topliss-reactive ketones (excluding diaryl/α,β-unsaturated/α-hetero) is 1. The Kier molecular flexibility index (Phi) is 7.53. The highest BCUT2D eigenvalue weighted by Gasteiger charge is 2.32. The summed E-state index contributed by atoms with van der Waals surface area (Å²) >= 11 is 0. The van der Waals surface area contributed by atoms with Crippen molar-refractivity contribution < 1.29 is 31.2 Å². The quantitative estimate of drug-likeness (QED) is 0.200. The Balaban J connectivity index is 1.46. The second-order valence-electron chi connectivity index (χ2n) is 11.2. The van der Waals surface area contributed by atoms with Gasteiger partial charge in [-0.2, -0.15) is 0 Å². The van der Waals surface area contributed by atoms with Gasteiger partial charge in [0.15, 0.2) is 5.78 Å². The Morgan fingerprint density at radius 3 is 2.52 bits per heavy atom. The number of hydrogen-bond donors (Lipinski definition) is 1. The number of amides is 1. The Bertz CT molecular complexity index is 2030. The second-order valence-corrected chi connectivity index (χ2v) is 13.2. The first kappa shape index (κ1) is 29.6. The van der Waals surface area contributed by atoms with E-state index in [-0.39, 0.29) is 47.5 Å². The van der Waals surface area contributed by atoms with Crippen LogP contribution in [0.3, 0.4) is 0 Å². The van der Waals surface area contributed by atoms with Crippen LogP contribution >= 0.6 is 0 Å². The first-order chi connectivity index (χ1) is 21.0. The summed E-state index contributed by atoms with van der Waals surface area (Å²) in [6.07, 6.45) is 2.61. The number of benzene rings is 3. The highest BCUT2D eigenvalue weighted by atomic mass is 32.2. The van der Waals surface area contributed by atoms with Crippen LogP contribution < -0.4 is 4.31 Å². The number of carbonyl (C=O) groups excluding carboxylic acids is 2. The molecule has 0 radical (unpaired) electrons. The van der Waals surface area contributed by atoms with E-state index >= 15 is 0 Å². The van der Waals surface area contributed by atoms with Gasteiger partial charge >= 0.3 is 0 Å². The summed E-state index contributed by atoms with van der Waals surface area (Å²) < 4.78 is 60.9. The van der Waals surface area contributed by atoms with Crippen molar-refractivity contribution in [2.75, 3.05) is 30.7 Å². The molecule has 1 N–H and O–H groups in total. The van der Waals surface area contributed by atoms with Crippen LogP contribution in [0.4, 0.5) is 14.5 Å². The van der Waals surface area contributed by atoms with E-state index in [0.29, 0.717) is 58.1 Å². The molecule has 0 spiro atoms. The number of piperidine rings is 1. The number of carbonyl (C=O) groups is 2. The number of H-pyrrole nitrogens is 1. The van der Waals surface area contributed by atoms with Crippen molar-refractivity contribution in [2.24, 2.45) is 0 Å². The van der Waals surface area contributed by atoms with Crippen LogP contribution in [0.5, 0.6) is 0 Å². The summed E-state index contributed by atoms with van der Waals surface area (Å²) in [6, 6.07) is 15.3. The Morgan fingerprint density at radius 1 is 1.09 bits per heavy atom. The Morgan fingerprint density at radius 2 is 1.84 bits per heavy atom. The largest absolute Gasteiger partial charge is 0.455 e. The molecule has 1 aliphatic heterocycles. The van der Waals surface area contributed by atoms with Crippen LogP contribution in [-0.2, 0) is 10.0 Å². The maximum absolute atomic E-state index is 14.3. The van der Waals surface area contributed by atoms with Crippen LogP contribution in [0.25, 0.3) is 33.2 Å². The number of likely N-dealkylation sites (tertiary alicyclic amines) is 1. The van der Waals surface area contributed by atoms with Gasteiger partial charge < -0.3 is 14.3 Å². The third kappa shape index (κ3) is 5.25. The number of furan rings is 1. The molecular formula is C33H31F2N3O5S. The zero-order chi connectivity index (χ0) is 31.3. The molecule has 0 bridgehead atoms. The van der Waals surface area contributed by atoms with Crippen molar-refractivity contribution in [2.45, 2.75) is 32.1 Å². The molecular weight excluding hydrogens is 588 g/mol. The Hall–Kier alpha value is -4.51. The summed E-state index contributed by atoms with van der Waals surface area (Å²) in [4.78, 5) is 31.5. The number of hydrogen-bond acceptors (Lipinski definition) is 5. The van der Waals surface area contributed by atoms with Crippen LogP contribution in [-0.4, -0.2) is 56.4 Å². The molecule has 5 aromatic rings. The van der Waals surface area contributed by atoms with Crippen LogP contribution in [0.1, 0.15) is 58.5 Å². The number of aromatic nitrogens is 1. The highest BCUT2D eigenvalue weighted by molar-refractivity contribution is 7.92. The molecule has 11 heteroatoms. The van der Waals surface area contributed by atoms with Gasteiger partial charge in [-0.15, -0.1) is 0 Å². The van der Waals surface area contributed by atoms with Gasteiger partial charge in [0.25, 0.3) is 5.91 Å². The minimum absolute atomic E-state index is 0.176. The zero-order valence-electron chi connectivity index (χ0n) is 24.5. The van der Waals surface area contributed by atoms with E-state index in [4.69, 9.17) is 4.42 Å². The molecule has 1 aliphatic rings. The Labute approximate surface area is 253 Å². The average Bonchev–Trinajstić information content (AvgIpc) is 3.62. The minimum atomic E-state index is -3.70. The van der Waals surface area contributed by atoms with Gasteiger partial charge in [0.1, 0.15) is 28.7 Å². The fourth-order valence-electron chi connectivity index (χ4n) is 6.01. The maximum Gasteiger partial charge on any atom is 0.270 e. The molecule has 0 unspecified atom stereocenters. The van der Waals surface area contributed by atoms with Gasteiger partial charge in [0.05, 0.1) is 23.0 Å². The number of nitrogens with one attached hydrogen (secondary N) is 1. The van der Waals surface area contributed by atoms with Gasteiger partial charge in [-0.3, -0.25) is 13.9 Å². The topological polar surface area (TPSA) is 104 Å². The predicted octanol–water partition coefficient (Wildman–Crippen LogP) is 6.87. The van der Waals surface area contributed by atoms with Crippen molar-refractivity contribution in [1.82, 2.24) is 9.88 Å². The van der Waals surface area contributed by atoms with E-state index in [1.165, 1.54) is 41.7 Å². The summed E-state index contributed by atoms with van der Waals surface area (Å²) in [5.41, 5.74) is 2.74. The van der Waals surface area contributed by atoms with E-state index in [1.807, 2.05) is 0 Å². The molecule has 1 fully saturated rings. The van der Waals surface area contributed by atoms with Crippen LogP contribution in [0.15, 0.2) is 65.1 Å². The number of sulfonamides is 1. The normalized spacial score (nSPS) is 15.7. The lowest BCUT2D eigenvalue weighted by Gasteiger charge is -2.34. The number of anilines is 1. The molecule has 0 saturated carbocycles. The van der Waals surface area contributed by atoms with Crippen molar-refractivity contribution in [3.05, 3.63) is 89.1 Å². The van der Waals surface area contributed by atoms with E-state index in [0.717, 1.165) is 6.26 Å². The minimum Gasteiger partial charge on any atom is -0.455 e. The third-order valence-electron chi connectivity index (χ3n) is 8.36. The van der Waals surface area contributed by atoms with Crippen molar-refractivity contribution in [3.63, 3.8) is 0 Å². The van der Waals surface area contributed by atoms with Crippen molar-refractivity contribution in [1.29, 1.82) is 0 Å². The smallest absolute Gasteiger partial charge is 0.270 e. The number of rotatable bonds is 7. The molecule has 8 nitrogen and oxygen atoms in total. The lowest BCUT2D eigenvalue weighted by atomic mass is 9.87. The van der Waals surface area contributed by atoms with E-state index in [2.05, 4.69) is 4.98 Å². The van der Waals surface area contributed by atoms with Crippen molar-refractivity contribution >= 4 is 49.3 Å². The third-order valence-corrected chi connectivity index (χ3v) is 9.56. The molecule has 2 aromatic heterocycles. The summed E-state index contributed by atoms with van der Waals surface area (Å²) in [6.45, 7) is 2.50. The molecule has 44 heavy (non-hydrogen) atoms. The van der Waals surface area contributed by atoms with E-state index in [9.17, 15) is 26.8 Å². The first-order valence-corrected chi connectivity index (χ1v) is 16.2. The van der Waals surface area contributed by atoms with Crippen LogP contribution in [0, 0.1) is 11.6 Å². The molecule has 1 saturated heterocycles. The molecule has 3 heterocycles. The van der Waals surface area contributed by atoms with Gasteiger partial charge in [0.2, 0.25) is 10.0 Å². The average molecular weight is 620 g/mol. The van der Waals surface area contributed by atoms with E-state index in [1.54, 1.807) is 42.2 Å². The van der Waals surface area contributed by atoms with Gasteiger partial charge in [-0.05, 0) is 60.9 Å². The number of halogens is 2. The summed E-state index contributed by atoms with van der Waals surface area (Å²) in [5, 5.41) is 1.11. The molecule has 0 aliphatic carbocycles. The molecule has 1 amide bonds. The standard InChI is InChI=1S/C33H31F2N3O5S/c1-4-28(39)30-24-16-23(21-8-6-14-38(18-21)33(40)26-15-20-7-5-9-25(35)31(20)36-26)27(37(2)44(3,41)42)17-29(24)43-32(30)19-10-12-22(34)13-11-19/h5,7,9-13,15-17,21,36H,4,6,8,14,18H2,1-3H3/t21-/m1/s1. The predicted molar refractivity (Wildman–Crippen MR) is 166 cm³/mol. The highest BCUT2D eigenvalue weighted by Crippen LogP contribution is 2.42. The molecule has 228 valence electrons. The second kappa shape index (κ2) is 11.2. The number of fused-ring (bicyclic) bond motifs is 2. The lowest BCUT2D eigenvalue weighted by molar-refractivity contribution is 0.0702. The number of ketones is 1. The number of aromatic amines is 1. The van der Waals surface area contributed by atoms with E-state index < -0.39 is 21.7 Å². The fourth-order valence-corrected chi connectivity index (χ4v) is 6.52. The van der Waals surface area contributed by atoms with Crippen molar-refractivity contribution in [3.8, 4) is 11.3 Å². The molecule has 6 rings (SSSR count). The maximum atomic E-state index is 14.3. The zero-order valence-corrected chi connectivity index (χ0v) is 25.3.